The van der Waals surface area contributed by atoms with E-state index in [4.69, 9.17) is 5.73 Å². The number of nitrogens with zero attached hydrogens (tertiary/aromatic N) is 1. The van der Waals surface area contributed by atoms with Gasteiger partial charge < -0.3 is 10.5 Å². The third-order valence-corrected chi connectivity index (χ3v) is 1.78. The Kier molecular flexibility index (Phi) is 3.59. The van der Waals surface area contributed by atoms with Gasteiger partial charge >= 0.3 is 5.97 Å². The molecule has 0 unspecified atom stereocenters. The molecule has 1 atom stereocenters. The van der Waals surface area contributed by atoms with E-state index in [1.165, 1.54) is 13.3 Å². The van der Waals surface area contributed by atoms with Crippen LogP contribution in [0.4, 0.5) is 0 Å². The van der Waals surface area contributed by atoms with Crippen molar-refractivity contribution in [2.24, 2.45) is 5.73 Å². The summed E-state index contributed by atoms with van der Waals surface area (Å²) in [5.41, 5.74) is 6.96. The Morgan fingerprint density at radius 1 is 1.64 bits per heavy atom. The minimum atomic E-state index is -0.371. The molecule has 0 aliphatic rings. The molecule has 0 spiro atoms. The van der Waals surface area contributed by atoms with E-state index in [0.717, 1.165) is 5.69 Å². The largest absolute Gasteiger partial charge is 0.465 e. The zero-order valence-electron chi connectivity index (χ0n) is 8.36. The lowest BCUT2D eigenvalue weighted by Gasteiger charge is -2.04. The molecule has 76 valence electrons. The van der Waals surface area contributed by atoms with E-state index in [1.807, 2.05) is 6.92 Å². The molecule has 0 amide bonds. The van der Waals surface area contributed by atoms with E-state index in [-0.39, 0.29) is 12.0 Å². The molecule has 0 saturated heterocycles. The number of carbonyl (C=O) groups is 1. The topological polar surface area (TPSA) is 65.2 Å². The molecule has 1 aromatic heterocycles. The summed E-state index contributed by atoms with van der Waals surface area (Å²) in [5, 5.41) is 0. The molecule has 0 aliphatic carbocycles. The quantitative estimate of drug-likeness (QED) is 0.721. The summed E-state index contributed by atoms with van der Waals surface area (Å²) in [6.45, 7) is 1.91. The van der Waals surface area contributed by atoms with Crippen molar-refractivity contribution in [2.75, 3.05) is 7.11 Å². The first-order valence-electron chi connectivity index (χ1n) is 4.42. The molecule has 0 radical (unpaired) electrons. The van der Waals surface area contributed by atoms with Crippen LogP contribution in [0.15, 0.2) is 18.3 Å². The monoisotopic (exact) mass is 194 g/mol. The van der Waals surface area contributed by atoms with E-state index in [0.29, 0.717) is 12.0 Å². The molecule has 1 aromatic rings. The molecule has 2 N–H and O–H groups in total. The van der Waals surface area contributed by atoms with Gasteiger partial charge in [0.1, 0.15) is 0 Å². The van der Waals surface area contributed by atoms with Crippen molar-refractivity contribution in [1.82, 2.24) is 4.98 Å². The highest BCUT2D eigenvalue weighted by molar-refractivity contribution is 5.88. The van der Waals surface area contributed by atoms with Gasteiger partial charge in [-0.15, -0.1) is 0 Å². The maximum absolute atomic E-state index is 11.1. The number of esters is 1. The van der Waals surface area contributed by atoms with E-state index >= 15 is 0 Å². The first-order chi connectivity index (χ1) is 6.63. The second kappa shape index (κ2) is 4.72. The third kappa shape index (κ3) is 2.81. The summed E-state index contributed by atoms with van der Waals surface area (Å²) in [4.78, 5) is 15.2. The normalized spacial score (nSPS) is 12.2. The molecule has 1 rings (SSSR count). The van der Waals surface area contributed by atoms with Crippen molar-refractivity contribution in [1.29, 1.82) is 0 Å². The second-order valence-electron chi connectivity index (χ2n) is 3.21. The molecule has 0 aliphatic heterocycles. The summed E-state index contributed by atoms with van der Waals surface area (Å²) >= 11 is 0. The Bertz CT molecular complexity index is 306. The van der Waals surface area contributed by atoms with Crippen LogP contribution in [0.3, 0.4) is 0 Å². The van der Waals surface area contributed by atoms with Gasteiger partial charge in [0, 0.05) is 24.4 Å². The van der Waals surface area contributed by atoms with Crippen LogP contribution in [-0.2, 0) is 11.2 Å². The SMILES string of the molecule is COC(=O)c1ccc(C[C@H](C)N)nc1. The van der Waals surface area contributed by atoms with E-state index in [9.17, 15) is 4.79 Å². The second-order valence-corrected chi connectivity index (χ2v) is 3.21. The Hall–Kier alpha value is -1.42. The van der Waals surface area contributed by atoms with Gasteiger partial charge in [-0.2, -0.15) is 0 Å². The lowest BCUT2D eigenvalue weighted by atomic mass is 10.1. The minimum Gasteiger partial charge on any atom is -0.465 e. The molecular weight excluding hydrogens is 180 g/mol. The van der Waals surface area contributed by atoms with Gasteiger partial charge in [-0.05, 0) is 19.1 Å². The Balaban J connectivity index is 2.73. The molecular formula is C10H14N2O2. The van der Waals surface area contributed by atoms with Crippen molar-refractivity contribution < 1.29 is 9.53 Å². The van der Waals surface area contributed by atoms with E-state index in [2.05, 4.69) is 9.72 Å². The molecule has 0 saturated carbocycles. The number of nitrogens with two attached hydrogens (primary N) is 1. The maximum atomic E-state index is 11.1. The van der Waals surface area contributed by atoms with Crippen molar-refractivity contribution in [2.45, 2.75) is 19.4 Å². The highest BCUT2D eigenvalue weighted by Crippen LogP contribution is 2.03. The number of hydrogen-bond donors (Lipinski definition) is 1. The molecule has 0 aromatic carbocycles. The zero-order valence-corrected chi connectivity index (χ0v) is 8.36. The number of hydrogen-bond acceptors (Lipinski definition) is 4. The van der Waals surface area contributed by atoms with Crippen LogP contribution >= 0.6 is 0 Å². The zero-order chi connectivity index (χ0) is 10.6. The number of ether oxygens (including phenoxy) is 1. The predicted molar refractivity (Wildman–Crippen MR) is 52.9 cm³/mol. The number of rotatable bonds is 3. The fourth-order valence-electron chi connectivity index (χ4n) is 1.11. The predicted octanol–water partition coefficient (Wildman–Crippen LogP) is 0.758. The molecule has 4 heteroatoms. The number of carbonyl (C=O) groups excluding carboxylic acids is 1. The van der Waals surface area contributed by atoms with Crippen molar-refractivity contribution in [3.63, 3.8) is 0 Å². The van der Waals surface area contributed by atoms with Gasteiger partial charge in [0.05, 0.1) is 12.7 Å². The lowest BCUT2D eigenvalue weighted by molar-refractivity contribution is 0.0600. The van der Waals surface area contributed by atoms with Crippen LogP contribution in [0.1, 0.15) is 23.0 Å². The number of pyridine rings is 1. The van der Waals surface area contributed by atoms with Crippen LogP contribution in [0, 0.1) is 0 Å². The summed E-state index contributed by atoms with van der Waals surface area (Å²) < 4.78 is 4.55. The smallest absolute Gasteiger partial charge is 0.339 e. The van der Waals surface area contributed by atoms with Gasteiger partial charge in [0.15, 0.2) is 0 Å². The first-order valence-corrected chi connectivity index (χ1v) is 4.42. The van der Waals surface area contributed by atoms with Crippen molar-refractivity contribution >= 4 is 5.97 Å². The fraction of sp³-hybridized carbons (Fsp3) is 0.400. The number of aromatic nitrogens is 1. The van der Waals surface area contributed by atoms with Gasteiger partial charge in [-0.3, -0.25) is 4.98 Å². The Morgan fingerprint density at radius 2 is 2.36 bits per heavy atom. The van der Waals surface area contributed by atoms with Crippen LogP contribution < -0.4 is 5.73 Å². The lowest BCUT2D eigenvalue weighted by Crippen LogP contribution is -2.18. The van der Waals surface area contributed by atoms with Crippen molar-refractivity contribution in [3.05, 3.63) is 29.6 Å². The van der Waals surface area contributed by atoms with Crippen molar-refractivity contribution in [3.8, 4) is 0 Å². The highest BCUT2D eigenvalue weighted by atomic mass is 16.5. The van der Waals surface area contributed by atoms with Crippen LogP contribution in [-0.4, -0.2) is 24.1 Å². The van der Waals surface area contributed by atoms with Gasteiger partial charge in [0.25, 0.3) is 0 Å². The molecule has 1 heterocycles. The maximum Gasteiger partial charge on any atom is 0.339 e. The molecule has 14 heavy (non-hydrogen) atoms. The summed E-state index contributed by atoms with van der Waals surface area (Å²) in [6.07, 6.45) is 2.21. The van der Waals surface area contributed by atoms with Gasteiger partial charge in [-0.25, -0.2) is 4.79 Å². The standard InChI is InChI=1S/C10H14N2O2/c1-7(11)5-9-4-3-8(6-12-9)10(13)14-2/h3-4,6-7H,5,11H2,1-2H3/t7-/m0/s1. The van der Waals surface area contributed by atoms with Crippen LogP contribution in [0.25, 0.3) is 0 Å². The van der Waals surface area contributed by atoms with E-state index < -0.39 is 0 Å². The fourth-order valence-corrected chi connectivity index (χ4v) is 1.11. The Morgan fingerprint density at radius 3 is 2.79 bits per heavy atom. The van der Waals surface area contributed by atoms with E-state index in [1.54, 1.807) is 12.1 Å². The minimum absolute atomic E-state index is 0.0754. The summed E-state index contributed by atoms with van der Waals surface area (Å²) in [7, 11) is 1.35. The van der Waals surface area contributed by atoms with Crippen LogP contribution in [0.5, 0.6) is 0 Å². The Labute approximate surface area is 83.1 Å². The summed E-state index contributed by atoms with van der Waals surface area (Å²) in [6, 6.07) is 3.55. The van der Waals surface area contributed by atoms with Gasteiger partial charge in [-0.1, -0.05) is 0 Å². The van der Waals surface area contributed by atoms with Crippen LogP contribution in [0.2, 0.25) is 0 Å². The first kappa shape index (κ1) is 10.7. The molecule has 4 nitrogen and oxygen atoms in total. The third-order valence-electron chi connectivity index (χ3n) is 1.78. The summed E-state index contributed by atoms with van der Waals surface area (Å²) in [5.74, 6) is -0.371. The highest BCUT2D eigenvalue weighted by Gasteiger charge is 2.05. The average Bonchev–Trinajstić information content (AvgIpc) is 2.17. The average molecular weight is 194 g/mol. The molecule has 0 fully saturated rings. The number of methoxy groups -OCH3 is 1. The van der Waals surface area contributed by atoms with Gasteiger partial charge in [0.2, 0.25) is 0 Å². The molecule has 0 bridgehead atoms.